The number of hydrogen-bond donors (Lipinski definition) is 3. The Kier molecular flexibility index (Phi) is 10.3. The first-order valence-electron chi connectivity index (χ1n) is 12.7. The van der Waals surface area contributed by atoms with Gasteiger partial charge in [-0.2, -0.15) is 0 Å². The van der Waals surface area contributed by atoms with Gasteiger partial charge in [-0.25, -0.2) is 0 Å². The Bertz CT molecular complexity index is 1210. The van der Waals surface area contributed by atoms with Gasteiger partial charge >= 0.3 is 0 Å². The van der Waals surface area contributed by atoms with Crippen molar-refractivity contribution in [2.75, 3.05) is 18.0 Å². The third-order valence-electron chi connectivity index (χ3n) is 6.67. The van der Waals surface area contributed by atoms with Crippen molar-refractivity contribution >= 4 is 35.7 Å². The lowest BCUT2D eigenvalue weighted by molar-refractivity contribution is -0.118. The van der Waals surface area contributed by atoms with E-state index in [1.165, 1.54) is 5.56 Å². The summed E-state index contributed by atoms with van der Waals surface area (Å²) in [5, 5.41) is 10.5. The van der Waals surface area contributed by atoms with Crippen molar-refractivity contribution in [3.05, 3.63) is 101 Å². The molecule has 0 spiro atoms. The molecule has 0 atom stereocenters. The van der Waals surface area contributed by atoms with Crippen LogP contribution in [0.15, 0.2) is 72.8 Å². The van der Waals surface area contributed by atoms with Crippen molar-refractivity contribution in [2.45, 2.75) is 44.9 Å². The molecule has 0 unspecified atom stereocenters. The number of aryl methyl sites for hydroxylation is 3. The molecule has 0 saturated carbocycles. The summed E-state index contributed by atoms with van der Waals surface area (Å²) in [6.07, 6.45) is 5.78. The zero-order valence-corrected chi connectivity index (χ0v) is 21.9. The summed E-state index contributed by atoms with van der Waals surface area (Å²) >= 11 is 0. The van der Waals surface area contributed by atoms with Gasteiger partial charge in [0.1, 0.15) is 5.84 Å². The van der Waals surface area contributed by atoms with E-state index in [0.29, 0.717) is 37.1 Å². The number of hydrogen-bond acceptors (Lipinski definition) is 3. The molecule has 6 nitrogen and oxygen atoms in total. The number of amides is 2. The van der Waals surface area contributed by atoms with Gasteiger partial charge < -0.3 is 16.0 Å². The van der Waals surface area contributed by atoms with Crippen LogP contribution in [0.5, 0.6) is 0 Å². The lowest BCUT2D eigenvalue weighted by Crippen LogP contribution is -2.36. The maximum absolute atomic E-state index is 13.0. The van der Waals surface area contributed by atoms with E-state index in [2.05, 4.69) is 29.6 Å². The number of amidine groups is 1. The maximum atomic E-state index is 13.0. The summed E-state index contributed by atoms with van der Waals surface area (Å²) in [6.45, 7) is 1.35. The van der Waals surface area contributed by atoms with Gasteiger partial charge in [-0.05, 0) is 73.4 Å². The van der Waals surface area contributed by atoms with E-state index < -0.39 is 0 Å². The van der Waals surface area contributed by atoms with Crippen LogP contribution in [0.4, 0.5) is 5.69 Å². The molecule has 37 heavy (non-hydrogen) atoms. The number of benzene rings is 3. The number of nitrogens with one attached hydrogen (secondary N) is 2. The van der Waals surface area contributed by atoms with Crippen LogP contribution in [-0.2, 0) is 24.1 Å². The molecule has 1 aliphatic heterocycles. The predicted molar refractivity (Wildman–Crippen MR) is 152 cm³/mol. The molecule has 0 bridgehead atoms. The lowest BCUT2D eigenvalue weighted by Gasteiger charge is -2.30. The van der Waals surface area contributed by atoms with Crippen LogP contribution in [0, 0.1) is 5.41 Å². The summed E-state index contributed by atoms with van der Waals surface area (Å²) in [7, 11) is 0. The number of carbonyl (C=O) groups excluding carboxylic acids is 2. The number of nitrogen functional groups attached to an aromatic ring is 1. The monoisotopic (exact) mass is 518 g/mol. The van der Waals surface area contributed by atoms with Crippen LogP contribution in [0.1, 0.15) is 58.3 Å². The number of carbonyl (C=O) groups is 2. The number of nitrogens with zero attached hydrogens (tertiary/aromatic N) is 1. The van der Waals surface area contributed by atoms with E-state index in [0.717, 1.165) is 48.9 Å². The first kappa shape index (κ1) is 27.9. The normalized spacial score (nSPS) is 12.3. The smallest absolute Gasteiger partial charge is 0.251 e. The molecular weight excluding hydrogens is 484 g/mol. The molecule has 1 aliphatic rings. The van der Waals surface area contributed by atoms with E-state index in [9.17, 15) is 9.59 Å². The molecule has 7 heteroatoms. The van der Waals surface area contributed by atoms with Crippen LogP contribution < -0.4 is 16.0 Å². The summed E-state index contributed by atoms with van der Waals surface area (Å²) in [5.74, 6) is 0.0656. The van der Waals surface area contributed by atoms with Crippen molar-refractivity contribution in [2.24, 2.45) is 5.73 Å². The Labute approximate surface area is 225 Å². The Hall–Kier alpha value is -3.64. The average molecular weight is 519 g/mol. The van der Waals surface area contributed by atoms with Crippen LogP contribution in [-0.4, -0.2) is 30.7 Å². The van der Waals surface area contributed by atoms with Crippen LogP contribution in [0.3, 0.4) is 0 Å². The second-order valence-electron chi connectivity index (χ2n) is 9.30. The van der Waals surface area contributed by atoms with Crippen LogP contribution in [0.25, 0.3) is 0 Å². The molecule has 0 aromatic heterocycles. The topological polar surface area (TPSA) is 99.3 Å². The quantitative estimate of drug-likeness (QED) is 0.199. The van der Waals surface area contributed by atoms with Crippen molar-refractivity contribution in [1.82, 2.24) is 5.32 Å². The predicted octanol–water partition coefficient (Wildman–Crippen LogP) is 5.06. The minimum atomic E-state index is -0.0602. The highest BCUT2D eigenvalue weighted by atomic mass is 35.5. The zero-order valence-electron chi connectivity index (χ0n) is 21.0. The van der Waals surface area contributed by atoms with Crippen molar-refractivity contribution in [3.8, 4) is 0 Å². The summed E-state index contributed by atoms with van der Waals surface area (Å²) in [5.41, 5.74) is 11.2. The van der Waals surface area contributed by atoms with Crippen molar-refractivity contribution in [1.29, 1.82) is 5.41 Å². The first-order chi connectivity index (χ1) is 17.5. The maximum Gasteiger partial charge on any atom is 0.251 e. The highest BCUT2D eigenvalue weighted by Gasteiger charge is 2.23. The fourth-order valence-electron chi connectivity index (χ4n) is 4.64. The highest BCUT2D eigenvalue weighted by Crippen LogP contribution is 2.29. The summed E-state index contributed by atoms with van der Waals surface area (Å²) < 4.78 is 0. The van der Waals surface area contributed by atoms with Gasteiger partial charge in [0.05, 0.1) is 0 Å². The Morgan fingerprint density at radius 1 is 0.892 bits per heavy atom. The number of unbranched alkanes of at least 4 members (excludes halogenated alkanes) is 1. The molecule has 4 N–H and O–H groups in total. The van der Waals surface area contributed by atoms with Gasteiger partial charge in [0.25, 0.3) is 5.91 Å². The molecule has 3 aromatic rings. The lowest BCUT2D eigenvalue weighted by atomic mass is 9.98. The molecule has 0 saturated heterocycles. The Morgan fingerprint density at radius 2 is 1.59 bits per heavy atom. The molecular formula is C30H35ClN4O2. The average Bonchev–Trinajstić information content (AvgIpc) is 2.91. The molecule has 3 aromatic carbocycles. The van der Waals surface area contributed by atoms with Gasteiger partial charge in [0.2, 0.25) is 5.91 Å². The first-order valence-corrected chi connectivity index (χ1v) is 12.7. The van der Waals surface area contributed by atoms with Crippen molar-refractivity contribution < 1.29 is 9.59 Å². The Balaban J connectivity index is 0.00000380. The number of anilines is 1. The molecule has 194 valence electrons. The third kappa shape index (κ3) is 7.67. The number of nitrogens with two attached hydrogens (primary N) is 1. The zero-order chi connectivity index (χ0) is 25.3. The van der Waals surface area contributed by atoms with Gasteiger partial charge in [-0.1, -0.05) is 54.6 Å². The highest BCUT2D eigenvalue weighted by molar-refractivity contribution is 5.98. The Morgan fingerprint density at radius 3 is 2.32 bits per heavy atom. The number of halogens is 1. The van der Waals surface area contributed by atoms with Crippen LogP contribution in [0.2, 0.25) is 0 Å². The summed E-state index contributed by atoms with van der Waals surface area (Å²) in [4.78, 5) is 27.6. The van der Waals surface area contributed by atoms with Crippen molar-refractivity contribution in [3.63, 3.8) is 0 Å². The van der Waals surface area contributed by atoms with Gasteiger partial charge in [0, 0.05) is 36.3 Å². The summed E-state index contributed by atoms with van der Waals surface area (Å²) in [6, 6.07) is 23.5. The SMILES string of the molecule is Cl.N=C(N)c1ccc(CCC(=O)N2CCCc3cc(C(=O)NCCCCc4ccccc4)ccc32)cc1. The minimum Gasteiger partial charge on any atom is -0.384 e. The molecule has 0 fully saturated rings. The fourth-order valence-corrected chi connectivity index (χ4v) is 4.64. The molecule has 2 amide bonds. The minimum absolute atomic E-state index is 0. The number of fused-ring (bicyclic) bond motifs is 1. The van der Waals surface area contributed by atoms with E-state index in [1.807, 2.05) is 53.4 Å². The molecule has 4 rings (SSSR count). The third-order valence-corrected chi connectivity index (χ3v) is 6.67. The largest absolute Gasteiger partial charge is 0.384 e. The van der Waals surface area contributed by atoms with E-state index in [1.54, 1.807) is 0 Å². The van der Waals surface area contributed by atoms with E-state index in [4.69, 9.17) is 11.1 Å². The second kappa shape index (κ2) is 13.6. The van der Waals surface area contributed by atoms with E-state index in [-0.39, 0.29) is 30.1 Å². The van der Waals surface area contributed by atoms with Crippen LogP contribution >= 0.6 is 12.4 Å². The van der Waals surface area contributed by atoms with Gasteiger partial charge in [-0.3, -0.25) is 15.0 Å². The standard InChI is InChI=1S/C30H34N4O2.ClH/c31-29(32)24-14-11-23(12-15-24)13-18-28(35)34-20-6-10-25-21-26(16-17-27(25)34)30(36)33-19-5-4-9-22-7-2-1-3-8-22;/h1-3,7-8,11-12,14-17,21H,4-6,9-10,13,18-20H2,(H3,31,32)(H,33,36);1H. The second-order valence-corrected chi connectivity index (χ2v) is 9.30. The molecule has 1 heterocycles. The molecule has 0 aliphatic carbocycles. The van der Waals surface area contributed by atoms with E-state index >= 15 is 0 Å². The number of rotatable bonds is 10. The van der Waals surface area contributed by atoms with Gasteiger partial charge in [0.15, 0.2) is 0 Å². The fraction of sp³-hybridized carbons (Fsp3) is 0.300. The van der Waals surface area contributed by atoms with Gasteiger partial charge in [-0.15, -0.1) is 12.4 Å². The molecule has 0 radical (unpaired) electrons.